The molecule has 0 spiro atoms. The third kappa shape index (κ3) is 11.9. The van der Waals surface area contributed by atoms with E-state index in [0.29, 0.717) is 26.3 Å². The average molecular weight is 812 g/mol. The molecule has 1 saturated heterocycles. The van der Waals surface area contributed by atoms with Crippen molar-refractivity contribution in [1.82, 2.24) is 30.0 Å². The number of hydrogen-bond acceptors (Lipinski definition) is 7. The van der Waals surface area contributed by atoms with Crippen LogP contribution in [-0.2, 0) is 11.2 Å². The summed E-state index contributed by atoms with van der Waals surface area (Å²) in [4.78, 5) is 29.0. The van der Waals surface area contributed by atoms with E-state index in [1.165, 1.54) is 89.0 Å². The van der Waals surface area contributed by atoms with Crippen LogP contribution in [-0.4, -0.2) is 70.5 Å². The summed E-state index contributed by atoms with van der Waals surface area (Å²) in [5.41, 5.74) is 3.25. The SMILES string of the molecule is CCCCCCCCCCCCCCCc1cccc(OCC(=O)Nc2ccc(-n3[nH]c(N4CCCC4)c([Se]c4nnnn4-c4ccccc4)c3=O)cc2)c1. The Balaban J connectivity index is 0.961. The first-order valence-electron chi connectivity index (χ1n) is 20.3. The molecule has 3 aromatic carbocycles. The fourth-order valence-electron chi connectivity index (χ4n) is 7.08. The van der Waals surface area contributed by atoms with Crippen LogP contribution in [0, 0.1) is 0 Å². The number of carbonyl (C=O) groups is 1. The zero-order valence-corrected chi connectivity index (χ0v) is 34.0. The van der Waals surface area contributed by atoms with E-state index < -0.39 is 15.0 Å². The largest absolute Gasteiger partial charge is 0.0167 e. The van der Waals surface area contributed by atoms with Crippen molar-refractivity contribution >= 4 is 41.6 Å². The van der Waals surface area contributed by atoms with Gasteiger partial charge in [-0.2, -0.15) is 0 Å². The third-order valence-electron chi connectivity index (χ3n) is 10.1. The molecule has 0 aliphatic carbocycles. The molecular weight excluding hydrogens is 755 g/mol. The second-order valence-electron chi connectivity index (χ2n) is 14.5. The number of benzene rings is 3. The first kappa shape index (κ1) is 40.0. The van der Waals surface area contributed by atoms with Crippen molar-refractivity contribution in [2.24, 2.45) is 0 Å². The maximum Gasteiger partial charge on any atom is -0.0167 e. The standard InChI is InChI=1S/C43H56N8O3Se/c1-2-3-4-5-6-7-8-9-10-11-12-13-15-21-34-22-20-25-38(32-34)54-33-39(52)44-35-26-28-37(29-27-35)50-42(53)40(41(46-50)49-30-18-19-31-49)55-43-45-47-48-51(43)36-23-16-14-17-24-36/h14,16-17,20,22-29,32,46H,2-13,15,18-19,21,30-31,33H2,1H3,(H,44,52). The number of nitrogens with zero attached hydrogens (tertiary/aromatic N) is 6. The summed E-state index contributed by atoms with van der Waals surface area (Å²) in [5.74, 6) is 1.27. The fourth-order valence-corrected chi connectivity index (χ4v) is 9.05. The number of nitrogens with one attached hydrogen (secondary N) is 2. The molecule has 0 bridgehead atoms. The van der Waals surface area contributed by atoms with E-state index in [9.17, 15) is 9.59 Å². The molecule has 0 unspecified atom stereocenters. The van der Waals surface area contributed by atoms with Gasteiger partial charge >= 0.3 is 206 Å². The van der Waals surface area contributed by atoms with Gasteiger partial charge < -0.3 is 0 Å². The van der Waals surface area contributed by atoms with Gasteiger partial charge in [-0.1, -0.05) is 96.1 Å². The van der Waals surface area contributed by atoms with Gasteiger partial charge in [0.2, 0.25) is 0 Å². The van der Waals surface area contributed by atoms with Crippen molar-refractivity contribution in [2.75, 3.05) is 29.9 Å². The Kier molecular flexibility index (Phi) is 15.6. The molecule has 1 fully saturated rings. The van der Waals surface area contributed by atoms with Crippen LogP contribution in [0.4, 0.5) is 11.5 Å². The molecule has 6 rings (SSSR count). The van der Waals surface area contributed by atoms with Crippen LogP contribution in [0.5, 0.6) is 5.75 Å². The van der Waals surface area contributed by atoms with Crippen LogP contribution >= 0.6 is 0 Å². The molecule has 1 aliphatic rings. The number of anilines is 2. The molecule has 292 valence electrons. The van der Waals surface area contributed by atoms with Crippen LogP contribution in [0.25, 0.3) is 11.4 Å². The zero-order valence-electron chi connectivity index (χ0n) is 32.3. The van der Waals surface area contributed by atoms with Gasteiger partial charge in [0, 0.05) is 0 Å². The number of amides is 1. The van der Waals surface area contributed by atoms with Crippen molar-refractivity contribution < 1.29 is 9.53 Å². The van der Waals surface area contributed by atoms with Gasteiger partial charge in [-0.25, -0.2) is 0 Å². The maximum atomic E-state index is 14.0. The predicted molar refractivity (Wildman–Crippen MR) is 222 cm³/mol. The summed E-state index contributed by atoms with van der Waals surface area (Å²) in [6.07, 6.45) is 20.7. The molecular formula is C43H56N8O3Se. The van der Waals surface area contributed by atoms with Crippen LogP contribution < -0.4 is 29.7 Å². The van der Waals surface area contributed by atoms with Gasteiger partial charge in [0.15, 0.2) is 0 Å². The number of rotatable bonds is 23. The first-order chi connectivity index (χ1) is 27.1. The number of H-pyrrole nitrogens is 1. The molecule has 0 saturated carbocycles. The molecule has 5 aromatic rings. The molecule has 55 heavy (non-hydrogen) atoms. The van der Waals surface area contributed by atoms with E-state index >= 15 is 0 Å². The van der Waals surface area contributed by atoms with E-state index in [1.807, 2.05) is 60.7 Å². The van der Waals surface area contributed by atoms with Crippen molar-refractivity contribution in [3.63, 3.8) is 0 Å². The Morgan fingerprint density at radius 3 is 2.16 bits per heavy atom. The molecule has 0 radical (unpaired) electrons. The average Bonchev–Trinajstić information content (AvgIpc) is 3.99. The van der Waals surface area contributed by atoms with E-state index in [4.69, 9.17) is 4.74 Å². The Hall–Kier alpha value is -4.67. The number of ether oxygens (including phenoxy) is 1. The molecule has 2 N–H and O–H groups in total. The molecule has 3 heterocycles. The third-order valence-corrected chi connectivity index (χ3v) is 12.3. The minimum atomic E-state index is -0.463. The molecule has 1 amide bonds. The van der Waals surface area contributed by atoms with Crippen molar-refractivity contribution in [2.45, 2.75) is 110 Å². The predicted octanol–water partition coefficient (Wildman–Crippen LogP) is 7.05. The summed E-state index contributed by atoms with van der Waals surface area (Å²) in [6.45, 7) is 3.94. The van der Waals surface area contributed by atoms with Gasteiger partial charge in [0.05, 0.1) is 0 Å². The number of aromatic nitrogens is 6. The number of carbonyl (C=O) groups excluding carboxylic acids is 1. The number of para-hydroxylation sites is 1. The van der Waals surface area contributed by atoms with Crippen LogP contribution in [0.1, 0.15) is 109 Å². The quantitative estimate of drug-likeness (QED) is 0.0536. The second kappa shape index (κ2) is 21.4. The Bertz CT molecular complexity index is 1950. The Labute approximate surface area is 331 Å². The summed E-state index contributed by atoms with van der Waals surface area (Å²) in [5, 5.41) is 18.7. The zero-order chi connectivity index (χ0) is 38.1. The van der Waals surface area contributed by atoms with E-state index in [1.54, 1.807) is 21.5 Å². The van der Waals surface area contributed by atoms with Gasteiger partial charge in [-0.15, -0.1) is 0 Å². The molecule has 2 aromatic heterocycles. The molecule has 1 aliphatic heterocycles. The van der Waals surface area contributed by atoms with Gasteiger partial charge in [-0.3, -0.25) is 0 Å². The first-order valence-corrected chi connectivity index (χ1v) is 22.0. The summed E-state index contributed by atoms with van der Waals surface area (Å²) >= 11 is -0.463. The monoisotopic (exact) mass is 812 g/mol. The van der Waals surface area contributed by atoms with Crippen molar-refractivity contribution in [3.05, 3.63) is 94.8 Å². The smallest absolute Gasteiger partial charge is 0.0167 e. The van der Waals surface area contributed by atoms with Gasteiger partial charge in [-0.05, 0) is 30.5 Å². The summed E-state index contributed by atoms with van der Waals surface area (Å²) in [7, 11) is 0. The summed E-state index contributed by atoms with van der Waals surface area (Å²) in [6, 6.07) is 25.0. The maximum absolute atomic E-state index is 14.0. The van der Waals surface area contributed by atoms with E-state index in [2.05, 4.69) is 43.8 Å². The minimum Gasteiger partial charge on any atom is -0.0167 e. The van der Waals surface area contributed by atoms with Crippen LogP contribution in [0.2, 0.25) is 0 Å². The number of tetrazole rings is 1. The van der Waals surface area contributed by atoms with Gasteiger partial charge in [0.25, 0.3) is 0 Å². The molecule has 11 nitrogen and oxygen atoms in total. The molecule has 12 heteroatoms. The number of aromatic amines is 1. The fraction of sp³-hybridized carbons (Fsp3) is 0.465. The van der Waals surface area contributed by atoms with Crippen LogP contribution in [0.15, 0.2) is 83.7 Å². The van der Waals surface area contributed by atoms with Crippen molar-refractivity contribution in [3.8, 4) is 17.1 Å². The number of hydrogen-bond donors (Lipinski definition) is 2. The van der Waals surface area contributed by atoms with Gasteiger partial charge in [0.1, 0.15) is 0 Å². The van der Waals surface area contributed by atoms with E-state index in [0.717, 1.165) is 43.9 Å². The second-order valence-corrected chi connectivity index (χ2v) is 16.5. The van der Waals surface area contributed by atoms with E-state index in [-0.39, 0.29) is 18.1 Å². The van der Waals surface area contributed by atoms with Crippen molar-refractivity contribution in [1.29, 1.82) is 0 Å². The number of unbranched alkanes of at least 4 members (excludes halogenated alkanes) is 12. The Morgan fingerprint density at radius 1 is 0.800 bits per heavy atom. The van der Waals surface area contributed by atoms with Crippen LogP contribution in [0.3, 0.4) is 0 Å². The normalized spacial score (nSPS) is 12.7. The minimum absolute atomic E-state index is 0.0902. The topological polar surface area (TPSA) is 123 Å². The molecule has 0 atom stereocenters. The number of aryl methyl sites for hydroxylation is 1. The Morgan fingerprint density at radius 2 is 1.47 bits per heavy atom. The summed E-state index contributed by atoms with van der Waals surface area (Å²) < 4.78 is 10.5.